The molecule has 1 N–H and O–H groups in total. The summed E-state index contributed by atoms with van der Waals surface area (Å²) in [6, 6.07) is 1.97. The quantitative estimate of drug-likeness (QED) is 0.742. The van der Waals surface area contributed by atoms with Crippen LogP contribution < -0.4 is 0 Å². The highest BCUT2D eigenvalue weighted by Crippen LogP contribution is 2.37. The third kappa shape index (κ3) is 0.937. The average Bonchev–Trinajstić information content (AvgIpc) is 2.46. The summed E-state index contributed by atoms with van der Waals surface area (Å²) in [6.45, 7) is 0. The SMILES string of the molecule is Oc1cnc2nccc(C3CCC3)n12. The Bertz CT molecular complexity index is 473. The normalized spacial score (nSPS) is 17.1. The van der Waals surface area contributed by atoms with Crippen molar-refractivity contribution in [3.05, 3.63) is 24.2 Å². The van der Waals surface area contributed by atoms with Crippen molar-refractivity contribution in [2.75, 3.05) is 0 Å². The Morgan fingerprint density at radius 3 is 2.93 bits per heavy atom. The molecule has 14 heavy (non-hydrogen) atoms. The van der Waals surface area contributed by atoms with Crippen LogP contribution in [0.3, 0.4) is 0 Å². The van der Waals surface area contributed by atoms with Gasteiger partial charge in [0.2, 0.25) is 11.7 Å². The van der Waals surface area contributed by atoms with Crippen molar-refractivity contribution in [3.63, 3.8) is 0 Å². The molecule has 2 heterocycles. The fourth-order valence-electron chi connectivity index (χ4n) is 1.95. The first-order chi connectivity index (χ1) is 6.86. The fourth-order valence-corrected chi connectivity index (χ4v) is 1.95. The summed E-state index contributed by atoms with van der Waals surface area (Å²) in [7, 11) is 0. The lowest BCUT2D eigenvalue weighted by Crippen LogP contribution is -2.13. The molecule has 1 aliphatic carbocycles. The monoisotopic (exact) mass is 189 g/mol. The summed E-state index contributed by atoms with van der Waals surface area (Å²) in [6.07, 6.45) is 6.90. The third-order valence-corrected chi connectivity index (χ3v) is 2.94. The summed E-state index contributed by atoms with van der Waals surface area (Å²) >= 11 is 0. The molecule has 1 fully saturated rings. The van der Waals surface area contributed by atoms with Crippen LogP contribution in [0.1, 0.15) is 30.9 Å². The second-order valence-electron chi connectivity index (χ2n) is 3.75. The number of nitrogens with zero attached hydrogens (tertiary/aromatic N) is 3. The van der Waals surface area contributed by atoms with Crippen molar-refractivity contribution in [2.45, 2.75) is 25.2 Å². The zero-order valence-corrected chi connectivity index (χ0v) is 7.72. The summed E-state index contributed by atoms with van der Waals surface area (Å²) in [4.78, 5) is 8.12. The maximum Gasteiger partial charge on any atom is 0.236 e. The first kappa shape index (κ1) is 7.79. The van der Waals surface area contributed by atoms with E-state index in [1.54, 1.807) is 10.6 Å². The second kappa shape index (κ2) is 2.70. The molecule has 2 aromatic rings. The maximum absolute atomic E-state index is 9.62. The van der Waals surface area contributed by atoms with Crippen LogP contribution in [0.15, 0.2) is 18.5 Å². The van der Waals surface area contributed by atoms with E-state index >= 15 is 0 Å². The Morgan fingerprint density at radius 1 is 1.36 bits per heavy atom. The van der Waals surface area contributed by atoms with E-state index in [4.69, 9.17) is 0 Å². The van der Waals surface area contributed by atoms with Gasteiger partial charge in [-0.15, -0.1) is 0 Å². The molecule has 0 unspecified atom stereocenters. The van der Waals surface area contributed by atoms with Gasteiger partial charge >= 0.3 is 0 Å². The molecule has 4 nitrogen and oxygen atoms in total. The molecule has 72 valence electrons. The van der Waals surface area contributed by atoms with E-state index in [0.29, 0.717) is 11.7 Å². The number of aromatic hydroxyl groups is 1. The first-order valence-corrected chi connectivity index (χ1v) is 4.87. The zero-order chi connectivity index (χ0) is 9.54. The zero-order valence-electron chi connectivity index (χ0n) is 7.72. The van der Waals surface area contributed by atoms with Gasteiger partial charge in [0, 0.05) is 11.9 Å². The van der Waals surface area contributed by atoms with Crippen molar-refractivity contribution >= 4 is 5.78 Å². The largest absolute Gasteiger partial charge is 0.493 e. The number of fused-ring (bicyclic) bond motifs is 1. The molecule has 4 heteroatoms. The van der Waals surface area contributed by atoms with Gasteiger partial charge in [0.05, 0.1) is 6.20 Å². The number of aromatic nitrogens is 3. The molecule has 0 bridgehead atoms. The maximum atomic E-state index is 9.62. The van der Waals surface area contributed by atoms with E-state index in [-0.39, 0.29) is 5.88 Å². The lowest BCUT2D eigenvalue weighted by molar-refractivity contribution is 0.393. The van der Waals surface area contributed by atoms with E-state index in [1.807, 2.05) is 6.07 Å². The molecule has 0 aliphatic heterocycles. The summed E-state index contributed by atoms with van der Waals surface area (Å²) in [5, 5.41) is 9.62. The van der Waals surface area contributed by atoms with Crippen molar-refractivity contribution in [1.29, 1.82) is 0 Å². The molecule has 0 spiro atoms. The van der Waals surface area contributed by atoms with Crippen molar-refractivity contribution in [3.8, 4) is 5.88 Å². The van der Waals surface area contributed by atoms with Crippen LogP contribution in [0.2, 0.25) is 0 Å². The Morgan fingerprint density at radius 2 is 2.21 bits per heavy atom. The van der Waals surface area contributed by atoms with Crippen LogP contribution in [0, 0.1) is 0 Å². The Hall–Kier alpha value is -1.58. The molecule has 1 aliphatic rings. The number of rotatable bonds is 1. The molecular formula is C10H11N3O. The second-order valence-corrected chi connectivity index (χ2v) is 3.75. The van der Waals surface area contributed by atoms with E-state index < -0.39 is 0 Å². The summed E-state index contributed by atoms with van der Waals surface area (Å²) in [5.41, 5.74) is 1.14. The summed E-state index contributed by atoms with van der Waals surface area (Å²) < 4.78 is 1.74. The minimum absolute atomic E-state index is 0.190. The molecule has 1 saturated carbocycles. The van der Waals surface area contributed by atoms with Gasteiger partial charge in [-0.2, -0.15) is 0 Å². The Balaban J connectivity index is 2.25. The lowest BCUT2D eigenvalue weighted by atomic mass is 9.83. The van der Waals surface area contributed by atoms with Crippen LogP contribution >= 0.6 is 0 Å². The third-order valence-electron chi connectivity index (χ3n) is 2.94. The Kier molecular flexibility index (Phi) is 1.50. The average molecular weight is 189 g/mol. The van der Waals surface area contributed by atoms with E-state index in [0.717, 1.165) is 5.69 Å². The number of hydrogen-bond acceptors (Lipinski definition) is 3. The van der Waals surface area contributed by atoms with Crippen molar-refractivity contribution in [2.24, 2.45) is 0 Å². The van der Waals surface area contributed by atoms with Gasteiger partial charge in [0.25, 0.3) is 0 Å². The van der Waals surface area contributed by atoms with Crippen molar-refractivity contribution < 1.29 is 5.11 Å². The van der Waals surface area contributed by atoms with Crippen LogP contribution in [0.4, 0.5) is 0 Å². The minimum atomic E-state index is 0.190. The van der Waals surface area contributed by atoms with E-state index in [1.165, 1.54) is 25.5 Å². The molecule has 3 rings (SSSR count). The molecule has 2 aromatic heterocycles. The van der Waals surface area contributed by atoms with Gasteiger partial charge in [-0.1, -0.05) is 6.42 Å². The molecule has 0 saturated heterocycles. The van der Waals surface area contributed by atoms with Gasteiger partial charge < -0.3 is 5.11 Å². The van der Waals surface area contributed by atoms with Crippen LogP contribution in [-0.2, 0) is 0 Å². The smallest absolute Gasteiger partial charge is 0.236 e. The van der Waals surface area contributed by atoms with Gasteiger partial charge in [0.1, 0.15) is 0 Å². The van der Waals surface area contributed by atoms with E-state index in [2.05, 4.69) is 9.97 Å². The fraction of sp³-hybridized carbons (Fsp3) is 0.400. The number of imidazole rings is 1. The topological polar surface area (TPSA) is 50.4 Å². The first-order valence-electron chi connectivity index (χ1n) is 4.87. The molecule has 0 amide bonds. The van der Waals surface area contributed by atoms with Gasteiger partial charge in [0.15, 0.2) is 0 Å². The highest BCUT2D eigenvalue weighted by atomic mass is 16.3. The highest BCUT2D eigenvalue weighted by molar-refractivity contribution is 5.37. The van der Waals surface area contributed by atoms with Gasteiger partial charge in [-0.25, -0.2) is 9.97 Å². The van der Waals surface area contributed by atoms with Gasteiger partial charge in [-0.3, -0.25) is 4.40 Å². The molecular weight excluding hydrogens is 178 g/mol. The van der Waals surface area contributed by atoms with E-state index in [9.17, 15) is 5.11 Å². The van der Waals surface area contributed by atoms with Crippen LogP contribution in [-0.4, -0.2) is 19.5 Å². The lowest BCUT2D eigenvalue weighted by Gasteiger charge is -2.26. The predicted molar refractivity (Wildman–Crippen MR) is 51.2 cm³/mol. The van der Waals surface area contributed by atoms with Crippen LogP contribution in [0.5, 0.6) is 5.88 Å². The molecule has 0 radical (unpaired) electrons. The minimum Gasteiger partial charge on any atom is -0.493 e. The predicted octanol–water partition coefficient (Wildman–Crippen LogP) is 1.70. The highest BCUT2D eigenvalue weighted by Gasteiger charge is 2.23. The molecule has 0 aromatic carbocycles. The standard InChI is InChI=1S/C10H11N3O/c14-9-6-12-10-11-5-4-8(13(9)10)7-2-1-3-7/h4-7,14H,1-3H2. The molecule has 0 atom stereocenters. The summed E-state index contributed by atoms with van der Waals surface area (Å²) in [5.74, 6) is 1.35. The van der Waals surface area contributed by atoms with Crippen molar-refractivity contribution in [1.82, 2.24) is 14.4 Å². The number of hydrogen-bond donors (Lipinski definition) is 1. The van der Waals surface area contributed by atoms with Crippen LogP contribution in [0.25, 0.3) is 5.78 Å². The van der Waals surface area contributed by atoms with Gasteiger partial charge in [-0.05, 0) is 24.8 Å². The Labute approximate surface area is 81.2 Å².